The number of halogens is 4. The lowest BCUT2D eigenvalue weighted by Gasteiger charge is -2.40. The van der Waals surface area contributed by atoms with Crippen molar-refractivity contribution in [3.63, 3.8) is 0 Å². The third-order valence-corrected chi connectivity index (χ3v) is 7.15. The molecule has 0 amide bonds. The molecule has 2 aromatic carbocycles. The first-order chi connectivity index (χ1) is 17.5. The number of benzene rings is 2. The van der Waals surface area contributed by atoms with Gasteiger partial charge in [0.15, 0.2) is 0 Å². The molecule has 2 saturated heterocycles. The second kappa shape index (κ2) is 10.8. The van der Waals surface area contributed by atoms with E-state index in [9.17, 15) is 17.6 Å². The number of piperidine rings is 2. The number of nitrogens with one attached hydrogen (secondary N) is 1. The van der Waals surface area contributed by atoms with Crippen LogP contribution in [0.3, 0.4) is 0 Å². The lowest BCUT2D eigenvalue weighted by atomic mass is 10.00. The molecule has 0 aliphatic carbocycles. The van der Waals surface area contributed by atoms with Gasteiger partial charge in [0.25, 0.3) is 0 Å². The maximum atomic E-state index is 14.6. The summed E-state index contributed by atoms with van der Waals surface area (Å²) in [5.41, 5.74) is 0.241. The Morgan fingerprint density at radius 1 is 0.833 bits per heavy atom. The molecule has 2 aliphatic heterocycles. The Labute approximate surface area is 208 Å². The zero-order valence-electron chi connectivity index (χ0n) is 20.0. The molecule has 3 aromatic rings. The fraction of sp³-hybridized carbons (Fsp3) is 0.407. The van der Waals surface area contributed by atoms with Gasteiger partial charge in [-0.05, 0) is 63.0 Å². The highest BCUT2D eigenvalue weighted by Crippen LogP contribution is 2.32. The van der Waals surface area contributed by atoms with Gasteiger partial charge in [-0.1, -0.05) is 12.5 Å². The van der Waals surface area contributed by atoms with Crippen molar-refractivity contribution in [3.05, 3.63) is 71.4 Å². The number of rotatable bonds is 6. The Bertz CT molecular complexity index is 1190. The molecular formula is C27H29F4N5. The molecule has 2 fully saturated rings. The Balaban J connectivity index is 1.40. The summed E-state index contributed by atoms with van der Waals surface area (Å²) in [7, 11) is 0. The van der Waals surface area contributed by atoms with Gasteiger partial charge >= 0.3 is 0 Å². The van der Waals surface area contributed by atoms with Gasteiger partial charge in [-0.15, -0.1) is 0 Å². The van der Waals surface area contributed by atoms with E-state index >= 15 is 0 Å². The van der Waals surface area contributed by atoms with E-state index in [1.807, 2.05) is 0 Å². The zero-order chi connectivity index (χ0) is 25.1. The molecule has 0 spiro atoms. The minimum absolute atomic E-state index is 0.100. The largest absolute Gasteiger partial charge is 0.365 e. The van der Waals surface area contributed by atoms with Crippen LogP contribution in [0.5, 0.6) is 0 Å². The van der Waals surface area contributed by atoms with Crippen molar-refractivity contribution in [2.24, 2.45) is 0 Å². The van der Waals surface area contributed by atoms with Crippen LogP contribution < -0.4 is 10.2 Å². The molecule has 36 heavy (non-hydrogen) atoms. The molecule has 9 heteroatoms. The van der Waals surface area contributed by atoms with Crippen molar-refractivity contribution in [1.82, 2.24) is 14.9 Å². The molecular weight excluding hydrogens is 470 g/mol. The van der Waals surface area contributed by atoms with E-state index in [4.69, 9.17) is 0 Å². The molecule has 0 atom stereocenters. The standard InChI is InChI=1S/C27H29F4N5/c28-18-7-8-20(25(31)15-18)21-16-33-27(34-26(21)32-17-22-23(29)5-4-6-24(22)30)36-13-9-19(10-14-36)35-11-2-1-3-12-35/h4-8,15-16,19H,1-3,9-14,17H2,(H,32,33,34). The van der Waals surface area contributed by atoms with Gasteiger partial charge in [0.05, 0.1) is 0 Å². The first-order valence-corrected chi connectivity index (χ1v) is 12.5. The van der Waals surface area contributed by atoms with Gasteiger partial charge in [0.1, 0.15) is 29.1 Å². The minimum atomic E-state index is -0.770. The second-order valence-corrected chi connectivity index (χ2v) is 9.43. The predicted octanol–water partition coefficient (Wildman–Crippen LogP) is 5.77. The molecule has 1 N–H and O–H groups in total. The van der Waals surface area contributed by atoms with Crippen molar-refractivity contribution < 1.29 is 17.6 Å². The third kappa shape index (κ3) is 5.31. The van der Waals surface area contributed by atoms with E-state index < -0.39 is 23.3 Å². The first-order valence-electron chi connectivity index (χ1n) is 12.5. The molecule has 2 aliphatic rings. The van der Waals surface area contributed by atoms with E-state index in [-0.39, 0.29) is 29.1 Å². The average Bonchev–Trinajstić information content (AvgIpc) is 2.89. The third-order valence-electron chi connectivity index (χ3n) is 7.15. The van der Waals surface area contributed by atoms with Gasteiger partial charge in [-0.3, -0.25) is 0 Å². The Morgan fingerprint density at radius 3 is 2.25 bits per heavy atom. The Kier molecular flexibility index (Phi) is 7.36. The Morgan fingerprint density at radius 2 is 1.56 bits per heavy atom. The Hall–Kier alpha value is -3.20. The highest BCUT2D eigenvalue weighted by Gasteiger charge is 2.27. The second-order valence-electron chi connectivity index (χ2n) is 9.43. The van der Waals surface area contributed by atoms with Crippen LogP contribution in [0.15, 0.2) is 42.6 Å². The lowest BCUT2D eigenvalue weighted by molar-refractivity contribution is 0.141. The van der Waals surface area contributed by atoms with E-state index in [1.54, 1.807) is 0 Å². The lowest BCUT2D eigenvalue weighted by Crippen LogP contribution is -2.47. The van der Waals surface area contributed by atoms with Crippen LogP contribution in [0, 0.1) is 23.3 Å². The molecule has 190 valence electrons. The summed E-state index contributed by atoms with van der Waals surface area (Å²) in [4.78, 5) is 13.8. The topological polar surface area (TPSA) is 44.3 Å². The highest BCUT2D eigenvalue weighted by molar-refractivity contribution is 5.75. The van der Waals surface area contributed by atoms with Crippen molar-refractivity contribution >= 4 is 11.8 Å². The van der Waals surface area contributed by atoms with E-state index in [1.165, 1.54) is 49.7 Å². The summed E-state index contributed by atoms with van der Waals surface area (Å²) in [6, 6.07) is 7.45. The fourth-order valence-corrected chi connectivity index (χ4v) is 5.15. The van der Waals surface area contributed by atoms with Crippen LogP contribution in [0.25, 0.3) is 11.1 Å². The molecule has 3 heterocycles. The number of hydrogen-bond acceptors (Lipinski definition) is 5. The van der Waals surface area contributed by atoms with Gasteiger partial charge in [0.2, 0.25) is 5.95 Å². The van der Waals surface area contributed by atoms with Crippen molar-refractivity contribution in [1.29, 1.82) is 0 Å². The first kappa shape index (κ1) is 24.5. The smallest absolute Gasteiger partial charge is 0.227 e. The maximum absolute atomic E-state index is 14.6. The predicted molar refractivity (Wildman–Crippen MR) is 132 cm³/mol. The number of anilines is 2. The average molecular weight is 500 g/mol. The van der Waals surface area contributed by atoms with Crippen LogP contribution >= 0.6 is 0 Å². The molecule has 0 unspecified atom stereocenters. The SMILES string of the molecule is Fc1ccc(-c2cnc(N3CCC(N4CCCCC4)CC3)nc2NCc2c(F)cccc2F)c(F)c1. The van der Waals surface area contributed by atoms with Crippen LogP contribution in [0.4, 0.5) is 29.3 Å². The van der Waals surface area contributed by atoms with Crippen LogP contribution in [0.2, 0.25) is 0 Å². The maximum Gasteiger partial charge on any atom is 0.227 e. The van der Waals surface area contributed by atoms with Crippen LogP contribution in [-0.4, -0.2) is 47.1 Å². The van der Waals surface area contributed by atoms with Gasteiger partial charge in [0, 0.05) is 54.6 Å². The number of nitrogens with zero attached hydrogens (tertiary/aromatic N) is 4. The van der Waals surface area contributed by atoms with Gasteiger partial charge < -0.3 is 15.1 Å². The van der Waals surface area contributed by atoms with Crippen LogP contribution in [0.1, 0.15) is 37.7 Å². The molecule has 0 saturated carbocycles. The van der Waals surface area contributed by atoms with Crippen LogP contribution in [-0.2, 0) is 6.54 Å². The van der Waals surface area contributed by atoms with Crippen molar-refractivity contribution in [2.45, 2.75) is 44.7 Å². The van der Waals surface area contributed by atoms with Gasteiger partial charge in [-0.25, -0.2) is 22.5 Å². The summed E-state index contributed by atoms with van der Waals surface area (Å²) in [6.45, 7) is 3.68. The minimum Gasteiger partial charge on any atom is -0.365 e. The molecule has 5 rings (SSSR count). The normalized spacial score (nSPS) is 17.4. The monoisotopic (exact) mass is 499 g/mol. The van der Waals surface area contributed by atoms with Crippen molar-refractivity contribution in [2.75, 3.05) is 36.4 Å². The zero-order valence-corrected chi connectivity index (χ0v) is 20.0. The summed E-state index contributed by atoms with van der Waals surface area (Å²) < 4.78 is 56.6. The summed E-state index contributed by atoms with van der Waals surface area (Å²) in [6.07, 6.45) is 7.29. The number of aromatic nitrogens is 2. The summed E-state index contributed by atoms with van der Waals surface area (Å²) >= 11 is 0. The quantitative estimate of drug-likeness (QED) is 0.437. The number of hydrogen-bond donors (Lipinski definition) is 1. The molecule has 0 bridgehead atoms. The highest BCUT2D eigenvalue weighted by atomic mass is 19.1. The van der Waals surface area contributed by atoms with Gasteiger partial charge in [-0.2, -0.15) is 4.98 Å². The molecule has 1 aromatic heterocycles. The summed E-state index contributed by atoms with van der Waals surface area (Å²) in [5.74, 6) is -2.15. The molecule has 5 nitrogen and oxygen atoms in total. The summed E-state index contributed by atoms with van der Waals surface area (Å²) in [5, 5.41) is 2.97. The van der Waals surface area contributed by atoms with E-state index in [2.05, 4.69) is 25.1 Å². The number of likely N-dealkylation sites (tertiary alicyclic amines) is 1. The van der Waals surface area contributed by atoms with E-state index in [0.29, 0.717) is 12.0 Å². The fourth-order valence-electron chi connectivity index (χ4n) is 5.15. The van der Waals surface area contributed by atoms with Crippen molar-refractivity contribution in [3.8, 4) is 11.1 Å². The molecule has 0 radical (unpaired) electrons. The van der Waals surface area contributed by atoms with E-state index in [0.717, 1.165) is 51.2 Å².